The second-order valence-electron chi connectivity index (χ2n) is 4.29. The van der Waals surface area contributed by atoms with Crippen molar-refractivity contribution in [1.82, 2.24) is 9.88 Å². The molecule has 2 rings (SSSR count). The Morgan fingerprint density at radius 2 is 2.21 bits per heavy atom. The van der Waals surface area contributed by atoms with Gasteiger partial charge < -0.3 is 15.0 Å². The summed E-state index contributed by atoms with van der Waals surface area (Å²) in [6.45, 7) is 4.62. The number of aromatic hydroxyl groups is 1. The average Bonchev–Trinajstić information content (AvgIpc) is 2.60. The van der Waals surface area contributed by atoms with E-state index in [0.29, 0.717) is 17.3 Å². The number of rotatable bonds is 2. The second-order valence-corrected chi connectivity index (χ2v) is 4.67. The number of thiocarbonyl (C=S) groups is 1. The molecule has 0 spiro atoms. The van der Waals surface area contributed by atoms with Gasteiger partial charge in [0.2, 0.25) is 11.0 Å². The van der Waals surface area contributed by atoms with Crippen molar-refractivity contribution in [3.8, 4) is 5.88 Å². The maximum atomic E-state index is 10.1. The summed E-state index contributed by atoms with van der Waals surface area (Å²) < 4.78 is 1.68. The molecule has 0 bridgehead atoms. The summed E-state index contributed by atoms with van der Waals surface area (Å²) in [4.78, 5) is 0. The summed E-state index contributed by atoms with van der Waals surface area (Å²) in [5, 5.41) is 22.1. The fraction of sp³-hybridized carbons (Fsp3) is 0.308. The number of benzene rings is 1. The fourth-order valence-electron chi connectivity index (χ4n) is 1.91. The van der Waals surface area contributed by atoms with Crippen LogP contribution in [0.15, 0.2) is 28.4 Å². The Balaban J connectivity index is 2.50. The highest BCUT2D eigenvalue weighted by Crippen LogP contribution is 2.38. The Kier molecular flexibility index (Phi) is 3.80. The van der Waals surface area contributed by atoms with E-state index in [1.807, 2.05) is 32.0 Å². The number of aromatic nitrogens is 1. The van der Waals surface area contributed by atoms with Crippen LogP contribution in [-0.2, 0) is 7.05 Å². The molecule has 100 valence electrons. The third kappa shape index (κ3) is 2.58. The summed E-state index contributed by atoms with van der Waals surface area (Å²) in [6, 6.07) is 5.91. The molecule has 1 heterocycles. The normalized spacial score (nSPS) is 11.3. The lowest BCUT2D eigenvalue weighted by atomic mass is 10.1. The van der Waals surface area contributed by atoms with Gasteiger partial charge in [-0.2, -0.15) is 0 Å². The Labute approximate surface area is 117 Å². The minimum Gasteiger partial charge on any atom is -0.493 e. The van der Waals surface area contributed by atoms with E-state index in [2.05, 4.69) is 15.5 Å². The van der Waals surface area contributed by atoms with Gasteiger partial charge in [-0.05, 0) is 38.2 Å². The Hall–Kier alpha value is -1.95. The van der Waals surface area contributed by atoms with Crippen molar-refractivity contribution in [3.05, 3.63) is 23.8 Å². The minimum absolute atomic E-state index is 0.0867. The third-order valence-corrected chi connectivity index (χ3v) is 3.09. The minimum atomic E-state index is 0.0867. The topological polar surface area (TPSA) is 61.9 Å². The first kappa shape index (κ1) is 13.5. The fourth-order valence-corrected chi connectivity index (χ4v) is 2.09. The van der Waals surface area contributed by atoms with Crippen LogP contribution in [0.3, 0.4) is 0 Å². The number of fused-ring (bicyclic) bond motifs is 1. The molecule has 0 saturated carbocycles. The lowest BCUT2D eigenvalue weighted by Gasteiger charge is -1.97. The molecule has 0 aliphatic rings. The molecule has 0 saturated heterocycles. The van der Waals surface area contributed by atoms with Crippen molar-refractivity contribution < 1.29 is 5.11 Å². The van der Waals surface area contributed by atoms with Crippen LogP contribution in [0.4, 0.5) is 5.69 Å². The highest BCUT2D eigenvalue weighted by molar-refractivity contribution is 7.80. The second kappa shape index (κ2) is 5.36. The first-order valence-electron chi connectivity index (χ1n) is 6.02. The van der Waals surface area contributed by atoms with Crippen LogP contribution in [0.2, 0.25) is 0 Å². The number of nitrogens with one attached hydrogen (secondary N) is 1. The molecule has 0 aliphatic heterocycles. The van der Waals surface area contributed by atoms with Crippen LogP contribution < -0.4 is 5.32 Å². The molecule has 0 aliphatic carbocycles. The van der Waals surface area contributed by atoms with Crippen molar-refractivity contribution in [2.75, 3.05) is 6.54 Å². The molecule has 0 radical (unpaired) electrons. The molecule has 0 atom stereocenters. The van der Waals surface area contributed by atoms with E-state index in [4.69, 9.17) is 12.2 Å². The van der Waals surface area contributed by atoms with Crippen LogP contribution in [0.1, 0.15) is 12.5 Å². The van der Waals surface area contributed by atoms with Gasteiger partial charge >= 0.3 is 0 Å². The molecule has 1 aromatic heterocycles. The van der Waals surface area contributed by atoms with Gasteiger partial charge in [0.05, 0.1) is 5.52 Å². The maximum Gasteiger partial charge on any atom is 0.220 e. The smallest absolute Gasteiger partial charge is 0.220 e. The maximum absolute atomic E-state index is 10.1. The van der Waals surface area contributed by atoms with E-state index in [1.54, 1.807) is 11.6 Å². The Bertz CT molecular complexity index is 660. The molecule has 6 heteroatoms. The number of nitrogens with zero attached hydrogens (tertiary/aromatic N) is 3. The predicted octanol–water partition coefficient (Wildman–Crippen LogP) is 3.17. The van der Waals surface area contributed by atoms with Crippen LogP contribution in [-0.4, -0.2) is 21.3 Å². The zero-order valence-corrected chi connectivity index (χ0v) is 12.0. The van der Waals surface area contributed by atoms with Gasteiger partial charge in [0.25, 0.3) is 0 Å². The molecule has 1 aromatic carbocycles. The van der Waals surface area contributed by atoms with Gasteiger partial charge in [-0.3, -0.25) is 0 Å². The quantitative estimate of drug-likeness (QED) is 0.654. The van der Waals surface area contributed by atoms with Crippen molar-refractivity contribution >= 4 is 33.9 Å². The summed E-state index contributed by atoms with van der Waals surface area (Å²) in [6.07, 6.45) is 0. The zero-order chi connectivity index (χ0) is 14.0. The molecule has 5 nitrogen and oxygen atoms in total. The predicted molar refractivity (Wildman–Crippen MR) is 80.1 cm³/mol. The molecule has 19 heavy (non-hydrogen) atoms. The van der Waals surface area contributed by atoms with Crippen molar-refractivity contribution in [2.45, 2.75) is 13.8 Å². The summed E-state index contributed by atoms with van der Waals surface area (Å²) in [5.41, 5.74) is 2.46. The van der Waals surface area contributed by atoms with E-state index >= 15 is 0 Å². The molecule has 0 amide bonds. The first-order chi connectivity index (χ1) is 9.04. The summed E-state index contributed by atoms with van der Waals surface area (Å²) >= 11 is 4.99. The third-order valence-electron chi connectivity index (χ3n) is 2.87. The number of hydrogen-bond acceptors (Lipinski definition) is 3. The summed E-state index contributed by atoms with van der Waals surface area (Å²) in [5.74, 6) is 0.0867. The molecule has 2 aromatic rings. The molecule has 0 fully saturated rings. The van der Waals surface area contributed by atoms with E-state index in [-0.39, 0.29) is 5.88 Å². The van der Waals surface area contributed by atoms with E-state index in [9.17, 15) is 5.11 Å². The lowest BCUT2D eigenvalue weighted by Crippen LogP contribution is -2.17. The van der Waals surface area contributed by atoms with Crippen molar-refractivity contribution in [1.29, 1.82) is 0 Å². The number of azo groups is 1. The van der Waals surface area contributed by atoms with Crippen LogP contribution >= 0.6 is 12.2 Å². The average molecular weight is 276 g/mol. The number of hydrogen-bond donors (Lipinski definition) is 2. The van der Waals surface area contributed by atoms with Gasteiger partial charge in [-0.1, -0.05) is 11.6 Å². The zero-order valence-electron chi connectivity index (χ0n) is 11.1. The van der Waals surface area contributed by atoms with E-state index in [1.165, 1.54) is 0 Å². The van der Waals surface area contributed by atoms with Crippen LogP contribution in [0.25, 0.3) is 10.9 Å². The highest BCUT2D eigenvalue weighted by atomic mass is 32.1. The molecular weight excluding hydrogens is 260 g/mol. The molecule has 0 unspecified atom stereocenters. The standard InChI is InChI=1S/C13H16N4OS/c1-4-14-13(19)16-15-11-9-7-8(2)5-6-10(9)17(3)12(11)18/h5-7,18H,4H2,1-3H3,(H,14,19). The number of aryl methyl sites for hydroxylation is 2. The van der Waals surface area contributed by atoms with Gasteiger partial charge in [0.1, 0.15) is 0 Å². The monoisotopic (exact) mass is 276 g/mol. The highest BCUT2D eigenvalue weighted by Gasteiger charge is 2.14. The van der Waals surface area contributed by atoms with E-state index < -0.39 is 0 Å². The van der Waals surface area contributed by atoms with Crippen LogP contribution in [0, 0.1) is 6.92 Å². The Morgan fingerprint density at radius 3 is 2.89 bits per heavy atom. The lowest BCUT2D eigenvalue weighted by molar-refractivity contribution is 0.436. The van der Waals surface area contributed by atoms with Gasteiger partial charge in [0.15, 0.2) is 5.69 Å². The molecular formula is C13H16N4OS. The summed E-state index contributed by atoms with van der Waals surface area (Å²) in [7, 11) is 1.79. The molecule has 2 N–H and O–H groups in total. The van der Waals surface area contributed by atoms with Crippen LogP contribution in [0.5, 0.6) is 5.88 Å². The van der Waals surface area contributed by atoms with E-state index in [0.717, 1.165) is 16.5 Å². The largest absolute Gasteiger partial charge is 0.493 e. The van der Waals surface area contributed by atoms with Gasteiger partial charge in [0, 0.05) is 19.0 Å². The van der Waals surface area contributed by atoms with Crippen molar-refractivity contribution in [3.63, 3.8) is 0 Å². The first-order valence-corrected chi connectivity index (χ1v) is 6.43. The Morgan fingerprint density at radius 1 is 1.47 bits per heavy atom. The SMILES string of the molecule is CCNC(=S)N=Nc1c(O)n(C)c2ccc(C)cc12. The van der Waals surface area contributed by atoms with Gasteiger partial charge in [-0.15, -0.1) is 10.2 Å². The van der Waals surface area contributed by atoms with Gasteiger partial charge in [-0.25, -0.2) is 0 Å². The van der Waals surface area contributed by atoms with Crippen molar-refractivity contribution in [2.24, 2.45) is 17.3 Å².